The van der Waals surface area contributed by atoms with E-state index in [-0.39, 0.29) is 28.5 Å². The first kappa shape index (κ1) is 24.2. The van der Waals surface area contributed by atoms with Gasteiger partial charge >= 0.3 is 18.3 Å². The minimum Gasteiger partial charge on any atom is -0.483 e. The lowest BCUT2D eigenvalue weighted by atomic mass is 9.64. The van der Waals surface area contributed by atoms with E-state index in [2.05, 4.69) is 0 Å². The van der Waals surface area contributed by atoms with Crippen molar-refractivity contribution >= 4 is 17.6 Å². The van der Waals surface area contributed by atoms with Crippen LogP contribution in [0.2, 0.25) is 5.02 Å². The Bertz CT molecular complexity index is 979. The number of halogens is 7. The molecule has 10 heteroatoms. The molecule has 3 nitrogen and oxygen atoms in total. The molecule has 0 saturated heterocycles. The summed E-state index contributed by atoms with van der Waals surface area (Å²) in [7, 11) is 0. The Labute approximate surface area is 185 Å². The molecule has 0 amide bonds. The second-order valence-corrected chi connectivity index (χ2v) is 7.85. The predicted molar refractivity (Wildman–Crippen MR) is 106 cm³/mol. The van der Waals surface area contributed by atoms with Crippen LogP contribution in [0.1, 0.15) is 37.3 Å². The van der Waals surface area contributed by atoms with Crippen molar-refractivity contribution in [1.82, 2.24) is 0 Å². The van der Waals surface area contributed by atoms with Gasteiger partial charge < -0.3 is 9.47 Å². The minimum absolute atomic E-state index is 0.122. The van der Waals surface area contributed by atoms with Gasteiger partial charge in [0.2, 0.25) is 0 Å². The van der Waals surface area contributed by atoms with Crippen LogP contribution in [0.4, 0.5) is 26.3 Å². The molecule has 1 saturated carbocycles. The van der Waals surface area contributed by atoms with Crippen LogP contribution in [-0.2, 0) is 21.1 Å². The van der Waals surface area contributed by atoms with Crippen molar-refractivity contribution in [2.45, 2.75) is 44.0 Å². The zero-order valence-corrected chi connectivity index (χ0v) is 17.6. The van der Waals surface area contributed by atoms with Gasteiger partial charge in [-0.15, -0.1) is 0 Å². The summed E-state index contributed by atoms with van der Waals surface area (Å²) in [4.78, 5) is 12.7. The topological polar surface area (TPSA) is 35.5 Å². The molecule has 3 rings (SSSR count). The number of esters is 1. The zero-order chi connectivity index (χ0) is 23.7. The SMILES string of the molecule is CCOC(=O)C1(c2cc(OCC(F)(F)F)c(Cl)c(-c3ccc(C(F)(F)F)cc3)c2)CCC1. The standard InChI is InChI=1S/C22H19ClF6O3/c1-2-31-19(30)20(8-3-9-20)15-10-16(13-4-6-14(7-5-13)22(27,28)29)18(23)17(11-15)32-12-21(24,25)26/h4-7,10-11H,2-3,8-9,12H2,1H3. The Hall–Kier alpha value is -2.42. The highest BCUT2D eigenvalue weighted by atomic mass is 35.5. The Kier molecular flexibility index (Phi) is 6.70. The van der Waals surface area contributed by atoms with Gasteiger partial charge in [0.25, 0.3) is 0 Å². The summed E-state index contributed by atoms with van der Waals surface area (Å²) < 4.78 is 87.0. The van der Waals surface area contributed by atoms with Crippen LogP contribution in [-0.4, -0.2) is 25.4 Å². The van der Waals surface area contributed by atoms with Gasteiger partial charge in [0, 0.05) is 5.56 Å². The van der Waals surface area contributed by atoms with Crippen LogP contribution in [0.25, 0.3) is 11.1 Å². The highest BCUT2D eigenvalue weighted by molar-refractivity contribution is 6.34. The van der Waals surface area contributed by atoms with E-state index in [1.807, 2.05) is 0 Å². The number of hydrogen-bond acceptors (Lipinski definition) is 3. The first-order valence-corrected chi connectivity index (χ1v) is 10.1. The maximum atomic E-state index is 12.9. The third-order valence-electron chi connectivity index (χ3n) is 5.38. The molecule has 0 bridgehead atoms. The molecule has 1 fully saturated rings. The van der Waals surface area contributed by atoms with Crippen LogP contribution in [0.15, 0.2) is 36.4 Å². The van der Waals surface area contributed by atoms with E-state index in [1.54, 1.807) is 6.92 Å². The Morgan fingerprint density at radius 3 is 2.16 bits per heavy atom. The minimum atomic E-state index is -4.64. The van der Waals surface area contributed by atoms with Crippen LogP contribution in [0, 0.1) is 0 Å². The van der Waals surface area contributed by atoms with Crippen molar-refractivity contribution in [3.63, 3.8) is 0 Å². The molecule has 0 atom stereocenters. The summed E-state index contributed by atoms with van der Waals surface area (Å²) in [5.41, 5.74) is -1.22. The summed E-state index contributed by atoms with van der Waals surface area (Å²) in [6.45, 7) is 0.143. The molecule has 32 heavy (non-hydrogen) atoms. The van der Waals surface area contributed by atoms with Crippen molar-refractivity contribution in [3.05, 3.63) is 52.5 Å². The number of alkyl halides is 6. The van der Waals surface area contributed by atoms with Crippen molar-refractivity contribution in [2.75, 3.05) is 13.2 Å². The molecule has 0 heterocycles. The maximum absolute atomic E-state index is 12.9. The van der Waals surface area contributed by atoms with Crippen LogP contribution < -0.4 is 4.74 Å². The van der Waals surface area contributed by atoms with Gasteiger partial charge in [-0.2, -0.15) is 26.3 Å². The van der Waals surface area contributed by atoms with E-state index in [1.165, 1.54) is 24.3 Å². The van der Waals surface area contributed by atoms with Crippen LogP contribution in [0.3, 0.4) is 0 Å². The number of carbonyl (C=O) groups excluding carboxylic acids is 1. The van der Waals surface area contributed by atoms with Gasteiger partial charge in [0.05, 0.1) is 22.6 Å². The van der Waals surface area contributed by atoms with Gasteiger partial charge in [0.15, 0.2) is 6.61 Å². The fraction of sp³-hybridized carbons (Fsp3) is 0.409. The summed E-state index contributed by atoms with van der Waals surface area (Å²) in [5.74, 6) is -0.833. The summed E-state index contributed by atoms with van der Waals surface area (Å²) in [6, 6.07) is 6.80. The van der Waals surface area contributed by atoms with E-state index in [9.17, 15) is 31.1 Å². The third-order valence-corrected chi connectivity index (χ3v) is 5.77. The molecule has 0 radical (unpaired) electrons. The molecule has 1 aliphatic rings. The van der Waals surface area contributed by atoms with Crippen molar-refractivity contribution in [2.24, 2.45) is 0 Å². The average molecular weight is 481 g/mol. The smallest absolute Gasteiger partial charge is 0.422 e. The molecule has 174 valence electrons. The summed E-state index contributed by atoms with van der Waals surface area (Å²) in [6.07, 6.45) is -7.65. The van der Waals surface area contributed by atoms with E-state index in [4.69, 9.17) is 21.1 Å². The van der Waals surface area contributed by atoms with Crippen LogP contribution in [0.5, 0.6) is 5.75 Å². The Balaban J connectivity index is 2.11. The third kappa shape index (κ3) is 4.98. The lowest BCUT2D eigenvalue weighted by Gasteiger charge is -2.40. The normalized spacial score (nSPS) is 15.8. The predicted octanol–water partition coefficient (Wildman–Crippen LogP) is 6.95. The van der Waals surface area contributed by atoms with Gasteiger partial charge in [-0.05, 0) is 55.2 Å². The molecule has 2 aromatic carbocycles. The monoisotopic (exact) mass is 480 g/mol. The molecule has 0 unspecified atom stereocenters. The molecule has 0 N–H and O–H groups in total. The fourth-order valence-electron chi connectivity index (χ4n) is 3.60. The van der Waals surface area contributed by atoms with E-state index in [0.29, 0.717) is 24.8 Å². The lowest BCUT2D eigenvalue weighted by Crippen LogP contribution is -2.43. The largest absolute Gasteiger partial charge is 0.483 e. The van der Waals surface area contributed by atoms with Crippen molar-refractivity contribution in [1.29, 1.82) is 0 Å². The average Bonchev–Trinajstić information content (AvgIpc) is 2.66. The van der Waals surface area contributed by atoms with Gasteiger partial charge in [-0.25, -0.2) is 0 Å². The summed E-state index contributed by atoms with van der Waals surface area (Å²) in [5, 5.41) is -0.198. The first-order valence-electron chi connectivity index (χ1n) is 9.76. The van der Waals surface area contributed by atoms with E-state index < -0.39 is 35.9 Å². The molecular weight excluding hydrogens is 462 g/mol. The van der Waals surface area contributed by atoms with Crippen LogP contribution >= 0.6 is 11.6 Å². The highest BCUT2D eigenvalue weighted by Gasteiger charge is 2.47. The first-order chi connectivity index (χ1) is 14.9. The lowest BCUT2D eigenvalue weighted by molar-refractivity contribution is -0.155. The Morgan fingerprint density at radius 1 is 1.06 bits per heavy atom. The summed E-state index contributed by atoms with van der Waals surface area (Å²) >= 11 is 6.30. The van der Waals surface area contributed by atoms with Crippen molar-refractivity contribution < 1.29 is 40.6 Å². The Morgan fingerprint density at radius 2 is 1.69 bits per heavy atom. The number of hydrogen-bond donors (Lipinski definition) is 0. The molecule has 0 aliphatic heterocycles. The second kappa shape index (κ2) is 8.84. The quantitative estimate of drug-likeness (QED) is 0.331. The van der Waals surface area contributed by atoms with E-state index >= 15 is 0 Å². The molecule has 1 aliphatic carbocycles. The maximum Gasteiger partial charge on any atom is 0.422 e. The van der Waals surface area contributed by atoms with Gasteiger partial charge in [-0.3, -0.25) is 4.79 Å². The van der Waals surface area contributed by atoms with Gasteiger partial charge in [-0.1, -0.05) is 30.2 Å². The molecule has 0 spiro atoms. The molecular formula is C22H19ClF6O3. The number of benzene rings is 2. The second-order valence-electron chi connectivity index (χ2n) is 7.47. The van der Waals surface area contributed by atoms with Crippen molar-refractivity contribution in [3.8, 4) is 16.9 Å². The highest BCUT2D eigenvalue weighted by Crippen LogP contribution is 2.49. The number of ether oxygens (including phenoxy) is 2. The zero-order valence-electron chi connectivity index (χ0n) is 16.9. The molecule has 0 aromatic heterocycles. The van der Waals surface area contributed by atoms with E-state index in [0.717, 1.165) is 12.1 Å². The number of rotatable bonds is 6. The molecule has 2 aromatic rings. The fourth-order valence-corrected chi connectivity index (χ4v) is 3.87. The van der Waals surface area contributed by atoms with Gasteiger partial charge in [0.1, 0.15) is 5.75 Å². The number of carbonyl (C=O) groups is 1.